The molecule has 0 N–H and O–H groups in total. The van der Waals surface area contributed by atoms with Crippen LogP contribution in [-0.2, 0) is 58.9 Å². The molecule has 0 saturated carbocycles. The van der Waals surface area contributed by atoms with Gasteiger partial charge in [-0.05, 0) is 24.6 Å². The lowest BCUT2D eigenvalue weighted by atomic mass is 9.98. The van der Waals surface area contributed by atoms with Crippen molar-refractivity contribution in [2.75, 3.05) is 13.2 Å². The Morgan fingerprint density at radius 2 is 1.47 bits per heavy atom. The first-order valence-electron chi connectivity index (χ1n) is 15.6. The lowest BCUT2D eigenvalue weighted by Gasteiger charge is -2.44. The van der Waals surface area contributed by atoms with E-state index in [1.807, 2.05) is 0 Å². The maximum atomic E-state index is 12.7. The molecule has 15 heteroatoms. The Balaban J connectivity index is 1.78. The highest BCUT2D eigenvalue weighted by atomic mass is 16.7. The molecule has 0 radical (unpaired) electrons. The number of nitrogens with zero attached hydrogens (tertiary/aromatic N) is 3. The number of hydrogen-bond acceptors (Lipinski definition) is 14. The minimum atomic E-state index is -1.39. The smallest absolute Gasteiger partial charge is 0.338 e. The molecule has 2 aromatic rings. The van der Waals surface area contributed by atoms with Gasteiger partial charge in [-0.1, -0.05) is 50.3 Å². The number of rotatable bonds is 17. The number of carbonyl (C=O) groups excluding carboxylic acids is 5. The van der Waals surface area contributed by atoms with Gasteiger partial charge in [-0.2, -0.15) is 0 Å². The largest absolute Gasteiger partial charge is 0.463 e. The van der Waals surface area contributed by atoms with E-state index in [0.29, 0.717) is 23.6 Å². The molecule has 1 fully saturated rings. The minimum Gasteiger partial charge on any atom is -0.463 e. The molecule has 1 aliphatic rings. The summed E-state index contributed by atoms with van der Waals surface area (Å²) in [6.07, 6.45) is 1.24. The molecular weight excluding hydrogens is 618 g/mol. The van der Waals surface area contributed by atoms with Crippen molar-refractivity contribution in [2.24, 2.45) is 0 Å². The van der Waals surface area contributed by atoms with E-state index in [2.05, 4.69) is 17.2 Å². The monoisotopic (exact) mass is 661 g/mol. The molecule has 0 amide bonds. The Kier molecular flexibility index (Phi) is 14.8. The van der Waals surface area contributed by atoms with Gasteiger partial charge >= 0.3 is 29.8 Å². The molecule has 0 aliphatic carbocycles. The molecule has 47 heavy (non-hydrogen) atoms. The van der Waals surface area contributed by atoms with Crippen LogP contribution in [0.2, 0.25) is 0 Å². The van der Waals surface area contributed by atoms with Gasteiger partial charge in [0.2, 0.25) is 0 Å². The standard InChI is InChI=1S/C32H43N3O12/c1-6-7-8-9-10-11-15-41-31(40)24-13-12-14-25(16-24)35-26(17-33-34-35)18-43-32-30(46-23(5)39)29(45-22(4)38)28(44-21(3)37)27(47-32)19-42-20(2)36/h12-14,16-17,27-30,32H,6-11,15,18-19H2,1-5H3/t27-,28-,29+,30+,32+/m1/s1. The van der Waals surface area contributed by atoms with Gasteiger partial charge in [-0.3, -0.25) is 19.2 Å². The first-order chi connectivity index (χ1) is 22.5. The molecule has 1 saturated heterocycles. The van der Waals surface area contributed by atoms with Gasteiger partial charge in [0.15, 0.2) is 24.6 Å². The zero-order chi connectivity index (χ0) is 34.3. The van der Waals surface area contributed by atoms with E-state index in [9.17, 15) is 24.0 Å². The van der Waals surface area contributed by atoms with Gasteiger partial charge in [-0.15, -0.1) is 5.10 Å². The normalized spacial score (nSPS) is 20.6. The third kappa shape index (κ3) is 11.7. The molecule has 0 unspecified atom stereocenters. The van der Waals surface area contributed by atoms with Crippen molar-refractivity contribution in [1.29, 1.82) is 0 Å². The third-order valence-corrected chi connectivity index (χ3v) is 7.02. The highest BCUT2D eigenvalue weighted by molar-refractivity contribution is 5.90. The summed E-state index contributed by atoms with van der Waals surface area (Å²) in [5, 5.41) is 8.08. The predicted octanol–water partition coefficient (Wildman–Crippen LogP) is 3.38. The SMILES string of the molecule is CCCCCCCCOC(=O)c1cccc(-n2nncc2CO[C@H]2O[C@H](COC(C)=O)[C@@H](OC(C)=O)[C@H](OC(C)=O)[C@@H]2OC(C)=O)c1. The van der Waals surface area contributed by atoms with Gasteiger partial charge in [0.25, 0.3) is 0 Å². The predicted molar refractivity (Wildman–Crippen MR) is 162 cm³/mol. The number of carbonyl (C=O) groups is 5. The molecule has 2 heterocycles. The van der Waals surface area contributed by atoms with Crippen LogP contribution in [-0.4, -0.2) is 88.8 Å². The van der Waals surface area contributed by atoms with Crippen LogP contribution in [0, 0.1) is 0 Å². The lowest BCUT2D eigenvalue weighted by Crippen LogP contribution is -2.62. The number of aromatic nitrogens is 3. The first-order valence-corrected chi connectivity index (χ1v) is 15.6. The molecule has 15 nitrogen and oxygen atoms in total. The van der Waals surface area contributed by atoms with Crippen LogP contribution in [0.1, 0.15) is 89.2 Å². The van der Waals surface area contributed by atoms with Gasteiger partial charge < -0.3 is 33.2 Å². The lowest BCUT2D eigenvalue weighted by molar-refractivity contribution is -0.311. The van der Waals surface area contributed by atoms with Crippen LogP contribution in [0.5, 0.6) is 0 Å². The summed E-state index contributed by atoms with van der Waals surface area (Å²) >= 11 is 0. The third-order valence-electron chi connectivity index (χ3n) is 7.02. The van der Waals surface area contributed by atoms with E-state index in [-0.39, 0.29) is 13.2 Å². The van der Waals surface area contributed by atoms with Crippen LogP contribution in [0.25, 0.3) is 5.69 Å². The van der Waals surface area contributed by atoms with Gasteiger partial charge in [-0.25, -0.2) is 9.48 Å². The van der Waals surface area contributed by atoms with Crippen LogP contribution >= 0.6 is 0 Å². The Hall–Kier alpha value is -4.37. The summed E-state index contributed by atoms with van der Waals surface area (Å²) in [6.45, 7) is 6.47. The summed E-state index contributed by atoms with van der Waals surface area (Å²) in [7, 11) is 0. The van der Waals surface area contributed by atoms with E-state index in [0.717, 1.165) is 40.0 Å². The molecule has 1 aromatic carbocycles. The van der Waals surface area contributed by atoms with Gasteiger partial charge in [0, 0.05) is 27.7 Å². The fraction of sp³-hybridized carbons (Fsp3) is 0.594. The van der Waals surface area contributed by atoms with Gasteiger partial charge in [0.1, 0.15) is 12.7 Å². The Bertz CT molecular complexity index is 1360. The Labute approximate surface area is 273 Å². The minimum absolute atomic E-state index is 0.215. The van der Waals surface area contributed by atoms with E-state index >= 15 is 0 Å². The Morgan fingerprint density at radius 3 is 2.15 bits per heavy atom. The highest BCUT2D eigenvalue weighted by Crippen LogP contribution is 2.30. The number of esters is 5. The molecule has 1 aromatic heterocycles. The average molecular weight is 662 g/mol. The summed E-state index contributed by atoms with van der Waals surface area (Å²) in [6, 6.07) is 6.65. The molecule has 0 bridgehead atoms. The Morgan fingerprint density at radius 1 is 0.809 bits per heavy atom. The zero-order valence-electron chi connectivity index (χ0n) is 27.4. The number of unbranched alkanes of at least 4 members (excludes halogenated alkanes) is 5. The number of ether oxygens (including phenoxy) is 7. The second kappa shape index (κ2) is 18.7. The maximum absolute atomic E-state index is 12.7. The van der Waals surface area contributed by atoms with Crippen molar-refractivity contribution in [3.05, 3.63) is 41.7 Å². The van der Waals surface area contributed by atoms with E-state index in [1.165, 1.54) is 37.1 Å². The second-order valence-corrected chi connectivity index (χ2v) is 11.0. The van der Waals surface area contributed by atoms with Crippen molar-refractivity contribution in [1.82, 2.24) is 15.0 Å². The van der Waals surface area contributed by atoms with Crippen LogP contribution in [0.4, 0.5) is 0 Å². The summed E-state index contributed by atoms with van der Waals surface area (Å²) in [5.41, 5.74) is 1.24. The second-order valence-electron chi connectivity index (χ2n) is 11.0. The van der Waals surface area contributed by atoms with Crippen molar-refractivity contribution in [3.63, 3.8) is 0 Å². The summed E-state index contributed by atoms with van der Waals surface area (Å²) < 4.78 is 40.3. The highest BCUT2D eigenvalue weighted by Gasteiger charge is 2.52. The van der Waals surface area contributed by atoms with Crippen molar-refractivity contribution in [2.45, 2.75) is 110 Å². The van der Waals surface area contributed by atoms with Gasteiger partial charge in [0.05, 0.1) is 36.4 Å². The summed E-state index contributed by atoms with van der Waals surface area (Å²) in [5.74, 6) is -3.36. The molecule has 3 rings (SSSR count). The van der Waals surface area contributed by atoms with Crippen LogP contribution in [0.15, 0.2) is 30.5 Å². The fourth-order valence-electron chi connectivity index (χ4n) is 4.96. The van der Waals surface area contributed by atoms with E-state index < -0.39 is 60.6 Å². The fourth-order valence-corrected chi connectivity index (χ4v) is 4.96. The summed E-state index contributed by atoms with van der Waals surface area (Å²) in [4.78, 5) is 60.4. The molecule has 5 atom stereocenters. The zero-order valence-corrected chi connectivity index (χ0v) is 27.4. The maximum Gasteiger partial charge on any atom is 0.338 e. The molecule has 258 valence electrons. The van der Waals surface area contributed by atoms with E-state index in [4.69, 9.17) is 33.2 Å². The van der Waals surface area contributed by atoms with E-state index in [1.54, 1.807) is 24.3 Å². The van der Waals surface area contributed by atoms with Crippen molar-refractivity contribution >= 4 is 29.8 Å². The number of benzene rings is 1. The first kappa shape index (κ1) is 37.1. The molecule has 1 aliphatic heterocycles. The number of hydrogen-bond donors (Lipinski definition) is 0. The molecular formula is C32H43N3O12. The van der Waals surface area contributed by atoms with Crippen LogP contribution < -0.4 is 0 Å². The molecule has 0 spiro atoms. The van der Waals surface area contributed by atoms with Crippen molar-refractivity contribution in [3.8, 4) is 5.69 Å². The quantitative estimate of drug-likeness (QED) is 0.137. The average Bonchev–Trinajstić information content (AvgIpc) is 3.49. The van der Waals surface area contributed by atoms with Crippen LogP contribution in [0.3, 0.4) is 0 Å². The topological polar surface area (TPSA) is 181 Å². The van der Waals surface area contributed by atoms with Crippen molar-refractivity contribution < 1.29 is 57.1 Å².